The van der Waals surface area contributed by atoms with Crippen LogP contribution in [0.15, 0.2) is 121 Å². The summed E-state index contributed by atoms with van der Waals surface area (Å²) in [6.45, 7) is 23.8. The van der Waals surface area contributed by atoms with Crippen molar-refractivity contribution in [1.82, 2.24) is 4.90 Å². The maximum absolute atomic E-state index is 14.8. The zero-order valence-electron chi connectivity index (χ0n) is 38.2. The molecule has 0 aliphatic heterocycles. The second-order valence-electron chi connectivity index (χ2n) is 19.3. The third-order valence-electron chi connectivity index (χ3n) is 10.3. The molecule has 9 nitrogen and oxygen atoms in total. The summed E-state index contributed by atoms with van der Waals surface area (Å²) < 4.78 is 25.6. The Kier molecular flexibility index (Phi) is 16.6. The molecule has 0 aliphatic carbocycles. The van der Waals surface area contributed by atoms with E-state index in [-0.39, 0.29) is 36.4 Å². The highest BCUT2D eigenvalue weighted by atomic mass is 32.2. The van der Waals surface area contributed by atoms with E-state index in [0.717, 1.165) is 20.7 Å². The van der Waals surface area contributed by atoms with Gasteiger partial charge in [-0.25, -0.2) is 4.79 Å². The Balaban J connectivity index is 1.77. The van der Waals surface area contributed by atoms with Crippen molar-refractivity contribution in [2.24, 2.45) is 0 Å². The van der Waals surface area contributed by atoms with E-state index in [1.54, 1.807) is 46.4 Å². The smallest absolute Gasteiger partial charge is 0.337 e. The molecule has 0 saturated carbocycles. The molecule has 330 valence electrons. The highest BCUT2D eigenvalue weighted by Crippen LogP contribution is 2.38. The lowest BCUT2D eigenvalue weighted by Gasteiger charge is -2.44. The third-order valence-corrected chi connectivity index (χ3v) is 21.5. The van der Waals surface area contributed by atoms with Gasteiger partial charge in [0.2, 0.25) is 0 Å². The number of esters is 2. The van der Waals surface area contributed by atoms with Gasteiger partial charge in [-0.2, -0.15) is 0 Å². The van der Waals surface area contributed by atoms with Gasteiger partial charge in [-0.15, -0.1) is 0 Å². The molecular weight excluding hydrogens is 819 g/mol. The summed E-state index contributed by atoms with van der Waals surface area (Å²) in [5, 5.41) is 13.0. The van der Waals surface area contributed by atoms with E-state index in [4.69, 9.17) is 18.3 Å². The Labute approximate surface area is 370 Å². The monoisotopic (exact) mass is 885 g/mol. The number of amides is 1. The van der Waals surface area contributed by atoms with Crippen molar-refractivity contribution >= 4 is 66.3 Å². The van der Waals surface area contributed by atoms with Crippen LogP contribution in [0.1, 0.15) is 83.1 Å². The van der Waals surface area contributed by atoms with Crippen LogP contribution in [0, 0.1) is 0 Å². The summed E-state index contributed by atoms with van der Waals surface area (Å²) >= 11 is 0.550. The summed E-state index contributed by atoms with van der Waals surface area (Å²) in [6.07, 6.45) is -1.98. The number of ether oxygens (including phenoxy) is 2. The molecule has 2 atom stereocenters. The van der Waals surface area contributed by atoms with E-state index in [0.29, 0.717) is 11.8 Å². The van der Waals surface area contributed by atoms with Crippen molar-refractivity contribution in [3.05, 3.63) is 121 Å². The number of hydrogen-bond donors (Lipinski definition) is 1. The van der Waals surface area contributed by atoms with Gasteiger partial charge < -0.3 is 28.3 Å². The number of nitrogens with zero attached hydrogens (tertiary/aromatic N) is 1. The van der Waals surface area contributed by atoms with Crippen LogP contribution >= 0.6 is 11.8 Å². The van der Waals surface area contributed by atoms with Gasteiger partial charge in [-0.1, -0.05) is 163 Å². The Hall–Kier alpha value is -4.05. The molecule has 0 saturated heterocycles. The molecule has 0 aromatic heterocycles. The van der Waals surface area contributed by atoms with Crippen molar-refractivity contribution in [1.29, 1.82) is 0 Å². The van der Waals surface area contributed by atoms with Crippen molar-refractivity contribution in [3.8, 4) is 0 Å². The zero-order valence-corrected chi connectivity index (χ0v) is 41.0. The SMILES string of the molecule is CC(C)(C)OC(=O)[C@H](O)[C@@H](SC(=O)N(CCO[Si](c1ccccc1)(c1ccccc1)C(C)(C)C)CCO[Si](c1ccccc1)(c1ccccc1)C(C)(C)C)C(=O)OC(C)(C)C. The zero-order chi connectivity index (χ0) is 45.3. The van der Waals surface area contributed by atoms with Crippen LogP contribution in [-0.2, 0) is 27.9 Å². The molecule has 0 bridgehead atoms. The normalized spacial score (nSPS) is 13.9. The summed E-state index contributed by atoms with van der Waals surface area (Å²) in [6, 6.07) is 41.1. The van der Waals surface area contributed by atoms with Gasteiger partial charge >= 0.3 is 11.9 Å². The van der Waals surface area contributed by atoms with E-state index in [9.17, 15) is 19.5 Å². The summed E-state index contributed by atoms with van der Waals surface area (Å²) in [4.78, 5) is 43.4. The molecule has 0 fully saturated rings. The maximum Gasteiger partial charge on any atom is 0.337 e. The fourth-order valence-electron chi connectivity index (χ4n) is 7.71. The van der Waals surface area contributed by atoms with Crippen LogP contribution in [-0.4, -0.2) is 92.7 Å². The molecule has 4 aromatic rings. The second-order valence-corrected chi connectivity index (χ2v) is 29.0. The van der Waals surface area contributed by atoms with Gasteiger partial charge in [0, 0.05) is 13.1 Å². The number of aliphatic hydroxyl groups excluding tert-OH is 1. The number of benzene rings is 4. The van der Waals surface area contributed by atoms with E-state index >= 15 is 0 Å². The lowest BCUT2D eigenvalue weighted by atomic mass is 10.1. The van der Waals surface area contributed by atoms with Gasteiger partial charge in [0.25, 0.3) is 21.9 Å². The van der Waals surface area contributed by atoms with Crippen molar-refractivity contribution in [2.75, 3.05) is 26.3 Å². The Morgan fingerprint density at radius 1 is 0.525 bits per heavy atom. The van der Waals surface area contributed by atoms with Crippen LogP contribution in [0.3, 0.4) is 0 Å². The fraction of sp³-hybridized carbons (Fsp3) is 0.449. The second kappa shape index (κ2) is 20.4. The van der Waals surface area contributed by atoms with E-state index in [1.807, 2.05) is 72.8 Å². The van der Waals surface area contributed by atoms with Gasteiger partial charge in [0.1, 0.15) is 16.5 Å². The molecule has 4 rings (SSSR count). The minimum atomic E-state index is -3.00. The predicted octanol–water partition coefficient (Wildman–Crippen LogP) is 7.71. The van der Waals surface area contributed by atoms with Gasteiger partial charge in [0.05, 0.1) is 13.2 Å². The van der Waals surface area contributed by atoms with Crippen molar-refractivity contribution in [3.63, 3.8) is 0 Å². The van der Waals surface area contributed by atoms with E-state index in [1.165, 1.54) is 0 Å². The molecule has 0 spiro atoms. The quantitative estimate of drug-likeness (QED) is 0.0894. The lowest BCUT2D eigenvalue weighted by molar-refractivity contribution is -0.171. The first kappa shape index (κ1) is 49.6. The minimum absolute atomic E-state index is 0.129. The molecule has 0 heterocycles. The van der Waals surface area contributed by atoms with Crippen molar-refractivity contribution < 1.29 is 37.8 Å². The van der Waals surface area contributed by atoms with Gasteiger partial charge in [0.15, 0.2) is 6.10 Å². The molecular formula is C49H67NO8SSi2. The number of hydrogen-bond acceptors (Lipinski definition) is 9. The van der Waals surface area contributed by atoms with Crippen LogP contribution in [0.4, 0.5) is 4.79 Å². The third kappa shape index (κ3) is 12.5. The van der Waals surface area contributed by atoms with Crippen LogP contribution in [0.2, 0.25) is 10.1 Å². The topological polar surface area (TPSA) is 112 Å². The molecule has 0 unspecified atom stereocenters. The van der Waals surface area contributed by atoms with E-state index in [2.05, 4.69) is 90.1 Å². The number of rotatable bonds is 16. The fourth-order valence-corrected chi connectivity index (χ4v) is 17.7. The average molecular weight is 886 g/mol. The van der Waals surface area contributed by atoms with Crippen LogP contribution < -0.4 is 20.7 Å². The number of aliphatic hydroxyl groups is 1. The van der Waals surface area contributed by atoms with Crippen LogP contribution in [0.5, 0.6) is 0 Å². The first-order valence-corrected chi connectivity index (χ1v) is 25.7. The largest absolute Gasteiger partial charge is 0.459 e. The molecule has 1 N–H and O–H groups in total. The Bertz CT molecular complexity index is 1820. The van der Waals surface area contributed by atoms with Gasteiger partial charge in [-0.3, -0.25) is 9.59 Å². The number of carbonyl (C=O) groups is 3. The summed E-state index contributed by atoms with van der Waals surface area (Å²) in [5.41, 5.74) is -1.91. The lowest BCUT2D eigenvalue weighted by Crippen LogP contribution is -2.67. The first-order chi connectivity index (χ1) is 28.4. The maximum atomic E-state index is 14.8. The molecule has 61 heavy (non-hydrogen) atoms. The Morgan fingerprint density at radius 2 is 0.820 bits per heavy atom. The van der Waals surface area contributed by atoms with Gasteiger partial charge in [-0.05, 0) is 84.1 Å². The first-order valence-electron chi connectivity index (χ1n) is 21.0. The predicted molar refractivity (Wildman–Crippen MR) is 253 cm³/mol. The highest BCUT2D eigenvalue weighted by molar-refractivity contribution is 8.14. The van der Waals surface area contributed by atoms with Crippen LogP contribution in [0.25, 0.3) is 0 Å². The molecule has 0 aliphatic rings. The van der Waals surface area contributed by atoms with E-state index < -0.39 is 56.4 Å². The summed E-state index contributed by atoms with van der Waals surface area (Å²) in [7, 11) is -6.00. The molecule has 1 amide bonds. The van der Waals surface area contributed by atoms with Crippen molar-refractivity contribution in [2.45, 2.75) is 116 Å². The number of thioether (sulfide) groups is 1. The summed E-state index contributed by atoms with van der Waals surface area (Å²) in [5.74, 6) is -1.93. The molecule has 4 aromatic carbocycles. The number of carbonyl (C=O) groups excluding carboxylic acids is 3. The Morgan fingerprint density at radius 3 is 1.10 bits per heavy atom. The molecule has 12 heteroatoms. The average Bonchev–Trinajstić information content (AvgIpc) is 3.18. The standard InChI is InChI=1S/C49H67NO8SSi2/c1-46(2,3)57-43(52)41(51)42(44(53)58-47(4,5)6)59-45(54)50(33-35-55-60(48(7,8)9,37-25-17-13-18-26-37)38-27-19-14-20-28-38)34-36-56-61(49(10,11)12,39-29-21-15-22-30-39)40-31-23-16-24-32-40/h13-32,41-42,51H,33-36H2,1-12H3/t41-,42-/m1/s1. The molecule has 0 radical (unpaired) electrons. The highest BCUT2D eigenvalue weighted by Gasteiger charge is 2.52. The minimum Gasteiger partial charge on any atom is -0.459 e.